The van der Waals surface area contributed by atoms with Gasteiger partial charge in [0, 0.05) is 12.3 Å². The Morgan fingerprint density at radius 1 is 1.20 bits per heavy atom. The quantitative estimate of drug-likeness (QED) is 0.595. The third-order valence-corrected chi connectivity index (χ3v) is 1.29. The lowest BCUT2D eigenvalue weighted by Crippen LogP contribution is -2.24. The van der Waals surface area contributed by atoms with Gasteiger partial charge in [-0.1, -0.05) is 0 Å². The molecule has 5 N–H and O–H groups in total. The number of hydrogen-bond donors (Lipinski definition) is 3. The number of amides is 2. The highest BCUT2D eigenvalue weighted by Crippen LogP contribution is 2.20. The minimum Gasteiger partial charge on any atom is -0.406 e. The molecule has 0 aliphatic heterocycles. The minimum atomic E-state index is -1.21. The van der Waals surface area contributed by atoms with Crippen molar-refractivity contribution in [3.63, 3.8) is 0 Å². The third-order valence-electron chi connectivity index (χ3n) is 1.29. The zero-order valence-electron chi connectivity index (χ0n) is 7.35. The number of H-pyrrole nitrogens is 1. The van der Waals surface area contributed by atoms with Crippen LogP contribution in [-0.4, -0.2) is 17.2 Å². The van der Waals surface area contributed by atoms with Crippen LogP contribution in [0.3, 0.4) is 0 Å². The Labute approximate surface area is 82.8 Å². The molecule has 1 heterocycles. The topological polar surface area (TPSA) is 138 Å². The molecule has 0 unspecified atom stereocenters. The fourth-order valence-electron chi connectivity index (χ4n) is 0.832. The molecule has 15 heavy (non-hydrogen) atoms. The molecule has 0 atom stereocenters. The highest BCUT2D eigenvalue weighted by atomic mass is 16.6. The van der Waals surface area contributed by atoms with Crippen LogP contribution in [0.25, 0.3) is 0 Å². The molecular formula is C7H7N3O5. The summed E-state index contributed by atoms with van der Waals surface area (Å²) in [6, 6.07) is 1.18. The number of nitrogens with one attached hydrogen (secondary N) is 1. The SMILES string of the molecule is NC(=O)Oc1cc[nH]c(=O)c1OC(N)=O. The standard InChI is InChI=1S/C7H7N3O5/c8-6(12)14-3-1-2-10-5(11)4(3)15-7(9)13/h1-2H,(H2,8,12)(H2,9,13)(H,10,11). The molecule has 1 aromatic heterocycles. The van der Waals surface area contributed by atoms with Gasteiger partial charge < -0.3 is 25.9 Å². The molecule has 0 bridgehead atoms. The van der Waals surface area contributed by atoms with Crippen molar-refractivity contribution in [3.05, 3.63) is 22.6 Å². The zero-order chi connectivity index (χ0) is 11.4. The monoisotopic (exact) mass is 213 g/mol. The van der Waals surface area contributed by atoms with Gasteiger partial charge in [0.05, 0.1) is 0 Å². The van der Waals surface area contributed by atoms with E-state index in [4.69, 9.17) is 11.5 Å². The molecule has 0 saturated heterocycles. The molecule has 1 aromatic rings. The maximum absolute atomic E-state index is 11.1. The zero-order valence-corrected chi connectivity index (χ0v) is 7.35. The van der Waals surface area contributed by atoms with Gasteiger partial charge in [0.1, 0.15) is 0 Å². The average molecular weight is 213 g/mol. The smallest absolute Gasteiger partial charge is 0.406 e. The molecule has 0 saturated carbocycles. The van der Waals surface area contributed by atoms with E-state index in [1.165, 1.54) is 12.3 Å². The lowest BCUT2D eigenvalue weighted by Gasteiger charge is -2.05. The lowest BCUT2D eigenvalue weighted by atomic mass is 10.4. The van der Waals surface area contributed by atoms with Crippen LogP contribution < -0.4 is 26.5 Å². The Bertz CT molecular complexity index is 452. The first-order chi connectivity index (χ1) is 7.00. The van der Waals surface area contributed by atoms with Crippen molar-refractivity contribution in [2.24, 2.45) is 11.5 Å². The summed E-state index contributed by atoms with van der Waals surface area (Å²) >= 11 is 0. The highest BCUT2D eigenvalue weighted by molar-refractivity contribution is 5.72. The molecule has 1 rings (SSSR count). The Morgan fingerprint density at radius 2 is 1.80 bits per heavy atom. The van der Waals surface area contributed by atoms with Gasteiger partial charge in [0.25, 0.3) is 5.56 Å². The highest BCUT2D eigenvalue weighted by Gasteiger charge is 2.14. The number of aromatic nitrogens is 1. The third kappa shape index (κ3) is 2.72. The summed E-state index contributed by atoms with van der Waals surface area (Å²) in [6.07, 6.45) is -1.16. The summed E-state index contributed by atoms with van der Waals surface area (Å²) in [7, 11) is 0. The number of primary amides is 2. The number of ether oxygens (including phenoxy) is 2. The second-order valence-corrected chi connectivity index (χ2v) is 2.34. The predicted molar refractivity (Wildman–Crippen MR) is 47.5 cm³/mol. The molecule has 0 spiro atoms. The molecule has 0 aliphatic carbocycles. The van der Waals surface area contributed by atoms with Crippen molar-refractivity contribution in [3.8, 4) is 11.5 Å². The second kappa shape index (κ2) is 4.13. The number of carbonyl (C=O) groups excluding carboxylic acids is 2. The van der Waals surface area contributed by atoms with Crippen molar-refractivity contribution in [2.75, 3.05) is 0 Å². The molecule has 0 radical (unpaired) electrons. The van der Waals surface area contributed by atoms with E-state index in [9.17, 15) is 14.4 Å². The largest absolute Gasteiger partial charge is 0.410 e. The van der Waals surface area contributed by atoms with E-state index in [1.807, 2.05) is 0 Å². The van der Waals surface area contributed by atoms with E-state index in [1.54, 1.807) is 0 Å². The van der Waals surface area contributed by atoms with Crippen molar-refractivity contribution < 1.29 is 19.1 Å². The number of nitrogens with two attached hydrogens (primary N) is 2. The van der Waals surface area contributed by atoms with E-state index < -0.39 is 23.5 Å². The summed E-state index contributed by atoms with van der Waals surface area (Å²) in [4.78, 5) is 34.2. The molecule has 0 aliphatic rings. The van der Waals surface area contributed by atoms with Crippen LogP contribution in [-0.2, 0) is 0 Å². The van der Waals surface area contributed by atoms with Crippen molar-refractivity contribution in [1.29, 1.82) is 0 Å². The number of aromatic amines is 1. The minimum absolute atomic E-state index is 0.287. The van der Waals surface area contributed by atoms with Gasteiger partial charge in [-0.3, -0.25) is 4.79 Å². The van der Waals surface area contributed by atoms with Crippen LogP contribution in [0.5, 0.6) is 11.5 Å². The first kappa shape index (κ1) is 10.6. The first-order valence-corrected chi connectivity index (χ1v) is 3.67. The fraction of sp³-hybridized carbons (Fsp3) is 0. The average Bonchev–Trinajstić information content (AvgIpc) is 2.09. The van der Waals surface area contributed by atoms with E-state index >= 15 is 0 Å². The summed E-state index contributed by atoms with van der Waals surface area (Å²) in [6.45, 7) is 0. The summed E-state index contributed by atoms with van der Waals surface area (Å²) in [5, 5.41) is 0. The van der Waals surface area contributed by atoms with Gasteiger partial charge >= 0.3 is 12.2 Å². The normalized spacial score (nSPS) is 9.33. The van der Waals surface area contributed by atoms with Crippen molar-refractivity contribution in [1.82, 2.24) is 4.98 Å². The Morgan fingerprint density at radius 3 is 2.33 bits per heavy atom. The number of hydrogen-bond acceptors (Lipinski definition) is 5. The molecule has 8 nitrogen and oxygen atoms in total. The fourth-order valence-corrected chi connectivity index (χ4v) is 0.832. The summed E-state index contributed by atoms with van der Waals surface area (Å²) in [5.41, 5.74) is 8.67. The lowest BCUT2D eigenvalue weighted by molar-refractivity contribution is 0.199. The predicted octanol–water partition coefficient (Wildman–Crippen LogP) is -0.710. The van der Waals surface area contributed by atoms with Gasteiger partial charge in [0.2, 0.25) is 5.75 Å². The number of rotatable bonds is 2. The summed E-state index contributed by atoms with van der Waals surface area (Å²) < 4.78 is 8.75. The van der Waals surface area contributed by atoms with Gasteiger partial charge in [-0.15, -0.1) is 0 Å². The molecule has 2 amide bonds. The van der Waals surface area contributed by atoms with Gasteiger partial charge in [-0.2, -0.15) is 0 Å². The number of carbonyl (C=O) groups is 2. The number of pyridine rings is 1. The Balaban J connectivity index is 3.14. The van der Waals surface area contributed by atoms with Gasteiger partial charge in [-0.05, 0) is 0 Å². The van der Waals surface area contributed by atoms with Crippen LogP contribution in [0, 0.1) is 0 Å². The molecule has 8 heteroatoms. The maximum Gasteiger partial charge on any atom is 0.410 e. The van der Waals surface area contributed by atoms with Gasteiger partial charge in [0.15, 0.2) is 5.75 Å². The molecular weight excluding hydrogens is 206 g/mol. The van der Waals surface area contributed by atoms with E-state index in [0.29, 0.717) is 0 Å². The Hall–Kier alpha value is -2.51. The van der Waals surface area contributed by atoms with Crippen LogP contribution in [0.4, 0.5) is 9.59 Å². The first-order valence-electron chi connectivity index (χ1n) is 3.67. The van der Waals surface area contributed by atoms with Crippen LogP contribution in [0.15, 0.2) is 17.1 Å². The molecule has 0 aromatic carbocycles. The van der Waals surface area contributed by atoms with Crippen LogP contribution >= 0.6 is 0 Å². The maximum atomic E-state index is 11.1. The second-order valence-electron chi connectivity index (χ2n) is 2.34. The van der Waals surface area contributed by atoms with Crippen molar-refractivity contribution in [2.45, 2.75) is 0 Å². The van der Waals surface area contributed by atoms with E-state index in [0.717, 1.165) is 0 Å². The van der Waals surface area contributed by atoms with Crippen LogP contribution in [0.2, 0.25) is 0 Å². The van der Waals surface area contributed by atoms with Crippen molar-refractivity contribution >= 4 is 12.2 Å². The van der Waals surface area contributed by atoms with E-state index in [2.05, 4.69) is 14.5 Å². The molecule has 80 valence electrons. The molecule has 0 fully saturated rings. The van der Waals surface area contributed by atoms with Crippen LogP contribution in [0.1, 0.15) is 0 Å². The Kier molecular flexibility index (Phi) is 2.91. The summed E-state index contributed by atoms with van der Waals surface area (Å²) in [5.74, 6) is -0.811. The van der Waals surface area contributed by atoms with E-state index in [-0.39, 0.29) is 5.75 Å². The van der Waals surface area contributed by atoms with Gasteiger partial charge in [-0.25, -0.2) is 9.59 Å².